The topological polar surface area (TPSA) is 55.0 Å². The number of aromatic nitrogens is 2. The van der Waals surface area contributed by atoms with E-state index in [9.17, 15) is 0 Å². The molecule has 0 amide bonds. The van der Waals surface area contributed by atoms with E-state index >= 15 is 0 Å². The second-order valence-electron chi connectivity index (χ2n) is 4.53. The largest absolute Gasteiger partial charge is 0.368 e. The quantitative estimate of drug-likeness (QED) is 0.823. The summed E-state index contributed by atoms with van der Waals surface area (Å²) in [5.74, 6) is 1.27. The molecule has 0 spiro atoms. The van der Waals surface area contributed by atoms with E-state index in [1.54, 1.807) is 6.20 Å². The Morgan fingerprint density at radius 3 is 2.28 bits per heavy atom. The van der Waals surface area contributed by atoms with Gasteiger partial charge < -0.3 is 10.6 Å². The highest BCUT2D eigenvalue weighted by molar-refractivity contribution is 5.43. The third kappa shape index (κ3) is 2.14. The van der Waals surface area contributed by atoms with Gasteiger partial charge in [0, 0.05) is 19.3 Å². The molecule has 92 valence electrons. The van der Waals surface area contributed by atoms with Crippen molar-refractivity contribution in [3.8, 4) is 0 Å². The van der Waals surface area contributed by atoms with E-state index in [0.717, 1.165) is 31.7 Å². The molecule has 0 fully saturated rings. The second kappa shape index (κ2) is 4.64. The van der Waals surface area contributed by atoms with Crippen molar-refractivity contribution in [2.45, 2.75) is 12.8 Å². The highest BCUT2D eigenvalue weighted by Crippen LogP contribution is 2.19. The van der Waals surface area contributed by atoms with Gasteiger partial charge in [-0.1, -0.05) is 24.3 Å². The number of fused-ring (bicyclic) bond motifs is 1. The molecule has 3 rings (SSSR count). The monoisotopic (exact) mass is 240 g/mol. The van der Waals surface area contributed by atoms with Gasteiger partial charge in [-0.2, -0.15) is 4.98 Å². The first-order chi connectivity index (χ1) is 8.83. The van der Waals surface area contributed by atoms with Crippen LogP contribution in [0.5, 0.6) is 0 Å². The van der Waals surface area contributed by atoms with Gasteiger partial charge in [-0.05, 0) is 30.0 Å². The molecule has 4 heteroatoms. The zero-order valence-electron chi connectivity index (χ0n) is 10.2. The Hall–Kier alpha value is -2.10. The van der Waals surface area contributed by atoms with E-state index in [2.05, 4.69) is 39.1 Å². The molecular weight excluding hydrogens is 224 g/mol. The summed E-state index contributed by atoms with van der Waals surface area (Å²) < 4.78 is 0. The molecule has 0 aliphatic carbocycles. The van der Waals surface area contributed by atoms with Crippen molar-refractivity contribution in [2.24, 2.45) is 0 Å². The highest BCUT2D eigenvalue weighted by Gasteiger charge is 2.14. The predicted octanol–water partition coefficient (Wildman–Crippen LogP) is 1.66. The highest BCUT2D eigenvalue weighted by atomic mass is 15.2. The lowest BCUT2D eigenvalue weighted by Crippen LogP contribution is -2.27. The van der Waals surface area contributed by atoms with E-state index in [0.29, 0.717) is 5.95 Å². The summed E-state index contributed by atoms with van der Waals surface area (Å²) in [6.45, 7) is 1.96. The average Bonchev–Trinajstić information content (AvgIpc) is 2.61. The molecule has 4 nitrogen and oxygen atoms in total. The van der Waals surface area contributed by atoms with Gasteiger partial charge in [-0.25, -0.2) is 4.98 Å². The van der Waals surface area contributed by atoms with Gasteiger partial charge in [0.15, 0.2) is 0 Å². The third-order valence-corrected chi connectivity index (χ3v) is 3.40. The number of nitrogens with two attached hydrogens (primary N) is 1. The van der Waals surface area contributed by atoms with Crippen LogP contribution in [0.3, 0.4) is 0 Å². The number of rotatable bonds is 1. The van der Waals surface area contributed by atoms with E-state index in [-0.39, 0.29) is 0 Å². The van der Waals surface area contributed by atoms with E-state index in [1.165, 1.54) is 11.1 Å². The fourth-order valence-electron chi connectivity index (χ4n) is 2.44. The van der Waals surface area contributed by atoms with Crippen LogP contribution in [0.1, 0.15) is 11.1 Å². The standard InChI is InChI=1S/C14H16N4/c15-14-16-8-5-13(17-14)18-9-6-11-3-1-2-4-12(11)7-10-18/h1-5,8H,6-7,9-10H2,(H2,15,16,17). The first-order valence-corrected chi connectivity index (χ1v) is 6.23. The maximum atomic E-state index is 5.64. The second-order valence-corrected chi connectivity index (χ2v) is 4.53. The molecule has 1 aromatic heterocycles. The summed E-state index contributed by atoms with van der Waals surface area (Å²) in [5, 5.41) is 0. The van der Waals surface area contributed by atoms with Crippen LogP contribution < -0.4 is 10.6 Å². The number of benzene rings is 1. The Morgan fingerprint density at radius 1 is 1.00 bits per heavy atom. The van der Waals surface area contributed by atoms with Crippen LogP contribution in [0.2, 0.25) is 0 Å². The average molecular weight is 240 g/mol. The molecule has 18 heavy (non-hydrogen) atoms. The van der Waals surface area contributed by atoms with Crippen LogP contribution in [0, 0.1) is 0 Å². The minimum Gasteiger partial charge on any atom is -0.368 e. The SMILES string of the molecule is Nc1nccc(N2CCc3ccccc3CC2)n1. The number of anilines is 2. The maximum absolute atomic E-state index is 5.64. The molecule has 0 radical (unpaired) electrons. The summed E-state index contributed by atoms with van der Waals surface area (Å²) >= 11 is 0. The van der Waals surface area contributed by atoms with Crippen molar-refractivity contribution in [3.63, 3.8) is 0 Å². The summed E-state index contributed by atoms with van der Waals surface area (Å²) in [6, 6.07) is 10.6. The Morgan fingerprint density at radius 2 is 1.67 bits per heavy atom. The summed E-state index contributed by atoms with van der Waals surface area (Å²) in [4.78, 5) is 10.5. The molecule has 0 unspecified atom stereocenters. The summed E-state index contributed by atoms with van der Waals surface area (Å²) in [5.41, 5.74) is 8.53. The van der Waals surface area contributed by atoms with Crippen LogP contribution in [-0.4, -0.2) is 23.1 Å². The Balaban J connectivity index is 1.83. The molecule has 1 aliphatic rings. The molecule has 1 aromatic carbocycles. The van der Waals surface area contributed by atoms with Crippen LogP contribution in [0.4, 0.5) is 11.8 Å². The van der Waals surface area contributed by atoms with Gasteiger partial charge in [-0.3, -0.25) is 0 Å². The molecular formula is C14H16N4. The Kier molecular flexibility index (Phi) is 2.84. The molecule has 2 heterocycles. The normalized spacial score (nSPS) is 15.0. The van der Waals surface area contributed by atoms with Crippen molar-refractivity contribution in [2.75, 3.05) is 23.7 Å². The molecule has 2 aromatic rings. The first-order valence-electron chi connectivity index (χ1n) is 6.23. The number of hydrogen-bond acceptors (Lipinski definition) is 4. The first kappa shape index (κ1) is 11.0. The van der Waals surface area contributed by atoms with E-state index in [4.69, 9.17) is 5.73 Å². The van der Waals surface area contributed by atoms with Crippen molar-refractivity contribution in [3.05, 3.63) is 47.7 Å². The maximum Gasteiger partial charge on any atom is 0.221 e. The molecule has 0 bridgehead atoms. The zero-order chi connectivity index (χ0) is 12.4. The van der Waals surface area contributed by atoms with Crippen LogP contribution in [-0.2, 0) is 12.8 Å². The predicted molar refractivity (Wildman–Crippen MR) is 72.5 cm³/mol. The smallest absolute Gasteiger partial charge is 0.221 e. The van der Waals surface area contributed by atoms with Crippen molar-refractivity contribution < 1.29 is 0 Å². The van der Waals surface area contributed by atoms with E-state index < -0.39 is 0 Å². The Bertz CT molecular complexity index is 526. The van der Waals surface area contributed by atoms with Gasteiger partial charge in [-0.15, -0.1) is 0 Å². The molecule has 0 saturated carbocycles. The Labute approximate surface area is 106 Å². The fourth-order valence-corrected chi connectivity index (χ4v) is 2.44. The van der Waals surface area contributed by atoms with Gasteiger partial charge in [0.25, 0.3) is 0 Å². The summed E-state index contributed by atoms with van der Waals surface area (Å²) in [7, 11) is 0. The molecule has 1 aliphatic heterocycles. The van der Waals surface area contributed by atoms with Gasteiger partial charge in [0.2, 0.25) is 5.95 Å². The van der Waals surface area contributed by atoms with Crippen molar-refractivity contribution in [1.82, 2.24) is 9.97 Å². The van der Waals surface area contributed by atoms with E-state index in [1.807, 2.05) is 6.07 Å². The van der Waals surface area contributed by atoms with Crippen molar-refractivity contribution in [1.29, 1.82) is 0 Å². The number of hydrogen-bond donors (Lipinski definition) is 1. The molecule has 0 saturated heterocycles. The summed E-state index contributed by atoms with van der Waals surface area (Å²) in [6.07, 6.45) is 3.83. The van der Waals surface area contributed by atoms with Gasteiger partial charge in [0.1, 0.15) is 5.82 Å². The third-order valence-electron chi connectivity index (χ3n) is 3.40. The molecule has 2 N–H and O–H groups in total. The van der Waals surface area contributed by atoms with Crippen molar-refractivity contribution >= 4 is 11.8 Å². The fraction of sp³-hybridized carbons (Fsp3) is 0.286. The zero-order valence-corrected chi connectivity index (χ0v) is 10.2. The molecule has 0 atom stereocenters. The minimum atomic E-state index is 0.342. The lowest BCUT2D eigenvalue weighted by Gasteiger charge is -2.21. The van der Waals surface area contributed by atoms with Gasteiger partial charge >= 0.3 is 0 Å². The van der Waals surface area contributed by atoms with Crippen LogP contribution in [0.25, 0.3) is 0 Å². The minimum absolute atomic E-state index is 0.342. The lowest BCUT2D eigenvalue weighted by molar-refractivity contribution is 0.789. The number of nitrogens with zero attached hydrogens (tertiary/aromatic N) is 3. The number of nitrogen functional groups attached to an aromatic ring is 1. The van der Waals surface area contributed by atoms with Crippen LogP contribution >= 0.6 is 0 Å². The van der Waals surface area contributed by atoms with Crippen LogP contribution in [0.15, 0.2) is 36.5 Å². The lowest BCUT2D eigenvalue weighted by atomic mass is 10.0. The van der Waals surface area contributed by atoms with Gasteiger partial charge in [0.05, 0.1) is 0 Å².